The van der Waals surface area contributed by atoms with Gasteiger partial charge in [0.05, 0.1) is 6.54 Å². The molecule has 1 aromatic rings. The lowest BCUT2D eigenvalue weighted by atomic mass is 10.4. The van der Waals surface area contributed by atoms with Crippen LogP contribution in [0.25, 0.3) is 0 Å². The molecule has 1 aliphatic carbocycles. The van der Waals surface area contributed by atoms with Gasteiger partial charge in [-0.15, -0.1) is 0 Å². The second-order valence-electron chi connectivity index (χ2n) is 3.61. The Morgan fingerprint density at radius 1 is 1.57 bits per heavy atom. The highest BCUT2D eigenvalue weighted by molar-refractivity contribution is 7.08. The Balaban J connectivity index is 1.62. The Hall–Kier alpha value is -1.03. The molecule has 1 aromatic heterocycles. The van der Waals surface area contributed by atoms with Crippen molar-refractivity contribution in [3.63, 3.8) is 0 Å². The van der Waals surface area contributed by atoms with Gasteiger partial charge in [-0.05, 0) is 30.2 Å². The summed E-state index contributed by atoms with van der Waals surface area (Å²) >= 11 is 1.63. The quantitative estimate of drug-likeness (QED) is 0.776. The molecule has 2 rings (SSSR count). The Bertz CT molecular complexity index is 293. The van der Waals surface area contributed by atoms with Crippen molar-refractivity contribution in [3.8, 4) is 0 Å². The van der Waals surface area contributed by atoms with Crippen LogP contribution in [0.15, 0.2) is 16.8 Å². The summed E-state index contributed by atoms with van der Waals surface area (Å²) in [5, 5.41) is 9.96. The molecule has 4 heteroatoms. The van der Waals surface area contributed by atoms with Crippen molar-refractivity contribution in [3.05, 3.63) is 16.8 Å². The second kappa shape index (κ2) is 4.46. The zero-order valence-corrected chi connectivity index (χ0v) is 8.77. The van der Waals surface area contributed by atoms with E-state index in [0.29, 0.717) is 6.54 Å². The molecule has 14 heavy (non-hydrogen) atoms. The number of hydrogen-bond donors (Lipinski definition) is 2. The van der Waals surface area contributed by atoms with E-state index in [9.17, 15) is 4.79 Å². The van der Waals surface area contributed by atoms with Crippen molar-refractivity contribution in [2.45, 2.75) is 12.8 Å². The lowest BCUT2D eigenvalue weighted by Crippen LogP contribution is -2.31. The van der Waals surface area contributed by atoms with Gasteiger partial charge >= 0.3 is 0 Å². The zero-order valence-electron chi connectivity index (χ0n) is 7.95. The number of carbonyl (C=O) groups excluding carboxylic acids is 1. The Labute approximate surface area is 87.5 Å². The van der Waals surface area contributed by atoms with Crippen LogP contribution in [0.3, 0.4) is 0 Å². The SMILES string of the molecule is O=C(CNc1ccsc1)NCC1CC1. The van der Waals surface area contributed by atoms with Gasteiger partial charge < -0.3 is 10.6 Å². The first-order valence-electron chi connectivity index (χ1n) is 4.87. The summed E-state index contributed by atoms with van der Waals surface area (Å²) in [5.41, 5.74) is 1.02. The summed E-state index contributed by atoms with van der Waals surface area (Å²) in [6.45, 7) is 1.23. The van der Waals surface area contributed by atoms with E-state index >= 15 is 0 Å². The van der Waals surface area contributed by atoms with Gasteiger partial charge in [-0.3, -0.25) is 4.79 Å². The molecule has 1 fully saturated rings. The third-order valence-corrected chi connectivity index (χ3v) is 2.94. The minimum Gasteiger partial charge on any atom is -0.375 e. The molecule has 0 spiro atoms. The smallest absolute Gasteiger partial charge is 0.239 e. The minimum atomic E-state index is 0.0862. The molecule has 1 aliphatic rings. The molecular formula is C10H14N2OS. The number of thiophene rings is 1. The summed E-state index contributed by atoms with van der Waals surface area (Å²) in [4.78, 5) is 11.3. The summed E-state index contributed by atoms with van der Waals surface area (Å²) in [7, 11) is 0. The van der Waals surface area contributed by atoms with Crippen molar-refractivity contribution in [1.29, 1.82) is 0 Å². The van der Waals surface area contributed by atoms with Gasteiger partial charge in [0.1, 0.15) is 0 Å². The predicted molar refractivity (Wildman–Crippen MR) is 58.5 cm³/mol. The van der Waals surface area contributed by atoms with Crippen molar-refractivity contribution in [2.75, 3.05) is 18.4 Å². The summed E-state index contributed by atoms with van der Waals surface area (Å²) in [6.07, 6.45) is 2.55. The maximum absolute atomic E-state index is 11.3. The van der Waals surface area contributed by atoms with E-state index in [0.717, 1.165) is 18.2 Å². The summed E-state index contributed by atoms with van der Waals surface area (Å²) in [5.74, 6) is 0.836. The molecule has 0 aliphatic heterocycles. The van der Waals surface area contributed by atoms with Crippen LogP contribution in [0.1, 0.15) is 12.8 Å². The molecular weight excluding hydrogens is 196 g/mol. The standard InChI is InChI=1S/C10H14N2OS/c13-10(12-5-8-1-2-8)6-11-9-3-4-14-7-9/h3-4,7-8,11H,1-2,5-6H2,(H,12,13). The Morgan fingerprint density at radius 2 is 2.43 bits per heavy atom. The molecule has 0 bridgehead atoms. The lowest BCUT2D eigenvalue weighted by molar-refractivity contribution is -0.119. The van der Waals surface area contributed by atoms with Crippen LogP contribution < -0.4 is 10.6 Å². The molecule has 1 saturated carbocycles. The zero-order chi connectivity index (χ0) is 9.80. The van der Waals surface area contributed by atoms with Crippen LogP contribution in [0.5, 0.6) is 0 Å². The molecule has 3 nitrogen and oxygen atoms in total. The lowest BCUT2D eigenvalue weighted by Gasteiger charge is -2.05. The molecule has 0 radical (unpaired) electrons. The van der Waals surface area contributed by atoms with Gasteiger partial charge in [-0.1, -0.05) is 0 Å². The molecule has 0 atom stereocenters. The Morgan fingerprint density at radius 3 is 3.07 bits per heavy atom. The van der Waals surface area contributed by atoms with E-state index in [1.54, 1.807) is 11.3 Å². The van der Waals surface area contributed by atoms with Crippen LogP contribution in [0, 0.1) is 5.92 Å². The number of amides is 1. The first-order chi connectivity index (χ1) is 6.84. The van der Waals surface area contributed by atoms with Crippen LogP contribution in [-0.2, 0) is 4.79 Å². The van der Waals surface area contributed by atoms with E-state index < -0.39 is 0 Å². The maximum Gasteiger partial charge on any atom is 0.239 e. The maximum atomic E-state index is 11.3. The molecule has 1 heterocycles. The molecule has 0 saturated heterocycles. The van der Waals surface area contributed by atoms with E-state index in [1.807, 2.05) is 16.8 Å². The van der Waals surface area contributed by atoms with Crippen molar-refractivity contribution in [1.82, 2.24) is 5.32 Å². The highest BCUT2D eigenvalue weighted by Crippen LogP contribution is 2.27. The van der Waals surface area contributed by atoms with Gasteiger partial charge in [-0.2, -0.15) is 11.3 Å². The first kappa shape index (κ1) is 9.52. The predicted octanol–water partition coefficient (Wildman–Crippen LogP) is 1.69. The van der Waals surface area contributed by atoms with Gasteiger partial charge in [0.25, 0.3) is 0 Å². The fourth-order valence-corrected chi connectivity index (χ4v) is 1.80. The summed E-state index contributed by atoms with van der Waals surface area (Å²) in [6, 6.07) is 1.97. The molecule has 2 N–H and O–H groups in total. The fourth-order valence-electron chi connectivity index (χ4n) is 1.19. The highest BCUT2D eigenvalue weighted by atomic mass is 32.1. The van der Waals surface area contributed by atoms with E-state index in [4.69, 9.17) is 0 Å². The van der Waals surface area contributed by atoms with Crippen molar-refractivity contribution < 1.29 is 4.79 Å². The third kappa shape index (κ3) is 3.03. The second-order valence-corrected chi connectivity index (χ2v) is 4.39. The molecule has 0 aromatic carbocycles. The number of anilines is 1. The number of carbonyl (C=O) groups is 1. The highest BCUT2D eigenvalue weighted by Gasteiger charge is 2.21. The summed E-state index contributed by atoms with van der Waals surface area (Å²) < 4.78 is 0. The number of rotatable bonds is 5. The molecule has 76 valence electrons. The van der Waals surface area contributed by atoms with Crippen LogP contribution in [0.2, 0.25) is 0 Å². The van der Waals surface area contributed by atoms with Crippen LogP contribution >= 0.6 is 11.3 Å². The minimum absolute atomic E-state index is 0.0862. The number of nitrogens with one attached hydrogen (secondary N) is 2. The monoisotopic (exact) mass is 210 g/mol. The molecule has 0 unspecified atom stereocenters. The first-order valence-corrected chi connectivity index (χ1v) is 5.81. The largest absolute Gasteiger partial charge is 0.375 e. The topological polar surface area (TPSA) is 41.1 Å². The van der Waals surface area contributed by atoms with Gasteiger partial charge in [0.2, 0.25) is 5.91 Å². The van der Waals surface area contributed by atoms with Crippen LogP contribution in [0.4, 0.5) is 5.69 Å². The van der Waals surface area contributed by atoms with Crippen molar-refractivity contribution in [2.24, 2.45) is 5.92 Å². The van der Waals surface area contributed by atoms with Gasteiger partial charge in [0, 0.05) is 17.6 Å². The third-order valence-electron chi connectivity index (χ3n) is 2.26. The van der Waals surface area contributed by atoms with Crippen LogP contribution in [-0.4, -0.2) is 19.0 Å². The Kier molecular flexibility index (Phi) is 3.03. The van der Waals surface area contributed by atoms with Gasteiger partial charge in [-0.25, -0.2) is 0 Å². The van der Waals surface area contributed by atoms with E-state index in [1.165, 1.54) is 12.8 Å². The van der Waals surface area contributed by atoms with E-state index in [2.05, 4.69) is 10.6 Å². The average molecular weight is 210 g/mol. The normalized spacial score (nSPS) is 15.1. The fraction of sp³-hybridized carbons (Fsp3) is 0.500. The average Bonchev–Trinajstić information content (AvgIpc) is 2.87. The molecule has 1 amide bonds. The van der Waals surface area contributed by atoms with Crippen molar-refractivity contribution >= 4 is 22.9 Å². The van der Waals surface area contributed by atoms with E-state index in [-0.39, 0.29) is 5.91 Å². The van der Waals surface area contributed by atoms with Gasteiger partial charge in [0.15, 0.2) is 0 Å². The number of hydrogen-bond acceptors (Lipinski definition) is 3.